The summed E-state index contributed by atoms with van der Waals surface area (Å²) in [6.07, 6.45) is 1.17. The van der Waals surface area contributed by atoms with Gasteiger partial charge in [-0.2, -0.15) is 0 Å². The second-order valence-electron chi connectivity index (χ2n) is 4.75. The third-order valence-corrected chi connectivity index (χ3v) is 4.30. The number of aromatic nitrogens is 1. The van der Waals surface area contributed by atoms with Crippen molar-refractivity contribution < 1.29 is 14.3 Å². The Hall–Kier alpha value is -1.62. The topological polar surface area (TPSA) is 63.3 Å². The Morgan fingerprint density at radius 1 is 1.56 bits per heavy atom. The summed E-state index contributed by atoms with van der Waals surface area (Å²) in [5, 5.41) is 9.62. The lowest BCUT2D eigenvalue weighted by molar-refractivity contribution is 0.0690. The molecular weight excluding hydrogens is 250 g/mol. The summed E-state index contributed by atoms with van der Waals surface area (Å²) in [7, 11) is 0. The van der Waals surface area contributed by atoms with Gasteiger partial charge in [-0.1, -0.05) is 6.92 Å². The van der Waals surface area contributed by atoms with E-state index in [4.69, 9.17) is 9.52 Å². The van der Waals surface area contributed by atoms with Gasteiger partial charge in [-0.15, -0.1) is 11.3 Å². The van der Waals surface area contributed by atoms with E-state index in [0.717, 1.165) is 5.76 Å². The third kappa shape index (κ3) is 1.84. The zero-order valence-electron chi connectivity index (χ0n) is 10.1. The first-order valence-corrected chi connectivity index (χ1v) is 6.68. The van der Waals surface area contributed by atoms with Crippen molar-refractivity contribution in [2.45, 2.75) is 26.2 Å². The molecule has 0 bridgehead atoms. The highest BCUT2D eigenvalue weighted by Gasteiger charge is 2.36. The molecule has 1 aliphatic carbocycles. The lowest BCUT2D eigenvalue weighted by atomic mass is 10.3. The van der Waals surface area contributed by atoms with Crippen molar-refractivity contribution in [3.8, 4) is 10.8 Å². The molecule has 0 amide bonds. The van der Waals surface area contributed by atoms with E-state index in [0.29, 0.717) is 27.5 Å². The standard InChI is InChI=1S/C13H13NO3S/c1-6-5-8(6)9-3-4-10(17-9)12-14-11(13(15)16)7(2)18-12/h3-4,6,8H,5H2,1-2H3,(H,15,16). The van der Waals surface area contributed by atoms with E-state index in [2.05, 4.69) is 11.9 Å². The van der Waals surface area contributed by atoms with E-state index in [9.17, 15) is 4.79 Å². The molecular formula is C13H13NO3S. The van der Waals surface area contributed by atoms with Gasteiger partial charge >= 0.3 is 5.97 Å². The van der Waals surface area contributed by atoms with Crippen LogP contribution >= 0.6 is 11.3 Å². The van der Waals surface area contributed by atoms with Gasteiger partial charge in [0.2, 0.25) is 0 Å². The maximum Gasteiger partial charge on any atom is 0.355 e. The molecule has 4 nitrogen and oxygen atoms in total. The van der Waals surface area contributed by atoms with E-state index < -0.39 is 5.97 Å². The minimum absolute atomic E-state index is 0.118. The normalized spacial score (nSPS) is 22.1. The average molecular weight is 263 g/mol. The van der Waals surface area contributed by atoms with Crippen molar-refractivity contribution in [1.29, 1.82) is 0 Å². The van der Waals surface area contributed by atoms with Gasteiger partial charge < -0.3 is 9.52 Å². The Morgan fingerprint density at radius 2 is 2.28 bits per heavy atom. The molecule has 1 saturated carbocycles. The predicted molar refractivity (Wildman–Crippen MR) is 68.0 cm³/mol. The molecule has 0 spiro atoms. The van der Waals surface area contributed by atoms with Crippen molar-refractivity contribution in [3.63, 3.8) is 0 Å². The molecule has 18 heavy (non-hydrogen) atoms. The Balaban J connectivity index is 1.92. The summed E-state index contributed by atoms with van der Waals surface area (Å²) in [5.41, 5.74) is 0.118. The number of carboxylic acid groups (broad SMARTS) is 1. The van der Waals surface area contributed by atoms with E-state index >= 15 is 0 Å². The summed E-state index contributed by atoms with van der Waals surface area (Å²) in [6.45, 7) is 3.96. The van der Waals surface area contributed by atoms with Crippen LogP contribution in [-0.4, -0.2) is 16.1 Å². The predicted octanol–water partition coefficient (Wildman–Crippen LogP) is 3.53. The number of rotatable bonds is 3. The largest absolute Gasteiger partial charge is 0.476 e. The number of nitrogens with zero attached hydrogens (tertiary/aromatic N) is 1. The zero-order chi connectivity index (χ0) is 12.9. The molecule has 0 saturated heterocycles. The molecule has 1 fully saturated rings. The van der Waals surface area contributed by atoms with Crippen LogP contribution in [-0.2, 0) is 0 Å². The molecule has 2 unspecified atom stereocenters. The number of carboxylic acids is 1. The zero-order valence-corrected chi connectivity index (χ0v) is 11.0. The Kier molecular flexibility index (Phi) is 2.52. The van der Waals surface area contributed by atoms with Crippen LogP contribution in [0.15, 0.2) is 16.5 Å². The van der Waals surface area contributed by atoms with Crippen molar-refractivity contribution in [3.05, 3.63) is 28.5 Å². The van der Waals surface area contributed by atoms with Crippen molar-refractivity contribution in [2.24, 2.45) is 5.92 Å². The van der Waals surface area contributed by atoms with Gasteiger partial charge in [0.25, 0.3) is 0 Å². The van der Waals surface area contributed by atoms with Crippen LogP contribution in [0.25, 0.3) is 10.8 Å². The Bertz CT molecular complexity index is 614. The summed E-state index contributed by atoms with van der Waals surface area (Å²) < 4.78 is 5.77. The number of aromatic carboxylic acids is 1. The number of thiazole rings is 1. The molecule has 1 N–H and O–H groups in total. The highest BCUT2D eigenvalue weighted by atomic mass is 32.1. The van der Waals surface area contributed by atoms with E-state index in [-0.39, 0.29) is 5.69 Å². The van der Waals surface area contributed by atoms with Crippen LogP contribution in [0, 0.1) is 12.8 Å². The van der Waals surface area contributed by atoms with Gasteiger partial charge in [0, 0.05) is 10.8 Å². The fraction of sp³-hybridized carbons (Fsp3) is 0.385. The fourth-order valence-corrected chi connectivity index (χ4v) is 2.95. The molecule has 5 heteroatoms. The van der Waals surface area contributed by atoms with Gasteiger partial charge in [-0.05, 0) is 31.4 Å². The van der Waals surface area contributed by atoms with E-state index in [1.54, 1.807) is 6.92 Å². The minimum atomic E-state index is -0.988. The van der Waals surface area contributed by atoms with Crippen molar-refractivity contribution in [1.82, 2.24) is 4.98 Å². The maximum atomic E-state index is 10.9. The molecule has 2 heterocycles. The number of carbonyl (C=O) groups is 1. The van der Waals surface area contributed by atoms with Crippen LogP contribution in [0.5, 0.6) is 0 Å². The van der Waals surface area contributed by atoms with E-state index in [1.165, 1.54) is 17.8 Å². The quantitative estimate of drug-likeness (QED) is 0.920. The monoisotopic (exact) mass is 263 g/mol. The third-order valence-electron chi connectivity index (χ3n) is 3.31. The lowest BCUT2D eigenvalue weighted by Crippen LogP contribution is -1.98. The SMILES string of the molecule is Cc1sc(-c2ccc(C3CC3C)o2)nc1C(=O)O. The summed E-state index contributed by atoms with van der Waals surface area (Å²) >= 11 is 1.36. The molecule has 0 aliphatic heterocycles. The number of furan rings is 1. The second-order valence-corrected chi connectivity index (χ2v) is 5.95. The first-order chi connectivity index (χ1) is 8.56. The van der Waals surface area contributed by atoms with Gasteiger partial charge in [-0.3, -0.25) is 0 Å². The van der Waals surface area contributed by atoms with E-state index in [1.807, 2.05) is 12.1 Å². The molecule has 2 aromatic rings. The highest BCUT2D eigenvalue weighted by Crippen LogP contribution is 2.48. The Labute approximate surface area is 108 Å². The molecule has 2 atom stereocenters. The van der Waals surface area contributed by atoms with Crippen LogP contribution < -0.4 is 0 Å². The Morgan fingerprint density at radius 3 is 2.83 bits per heavy atom. The summed E-state index contributed by atoms with van der Waals surface area (Å²) in [6, 6.07) is 3.85. The van der Waals surface area contributed by atoms with Gasteiger partial charge in [0.05, 0.1) is 0 Å². The van der Waals surface area contributed by atoms with Gasteiger partial charge in [0.1, 0.15) is 5.76 Å². The number of hydrogen-bond donors (Lipinski definition) is 1. The average Bonchev–Trinajstić information content (AvgIpc) is 2.79. The highest BCUT2D eigenvalue weighted by molar-refractivity contribution is 7.15. The summed E-state index contributed by atoms with van der Waals surface area (Å²) in [4.78, 5) is 15.8. The molecule has 94 valence electrons. The van der Waals surface area contributed by atoms with Gasteiger partial charge in [-0.25, -0.2) is 9.78 Å². The smallest absolute Gasteiger partial charge is 0.355 e. The molecule has 3 rings (SSSR count). The number of hydrogen-bond acceptors (Lipinski definition) is 4. The lowest BCUT2D eigenvalue weighted by Gasteiger charge is -1.91. The number of aryl methyl sites for hydroxylation is 1. The molecule has 0 radical (unpaired) electrons. The second kappa shape index (κ2) is 3.95. The van der Waals surface area contributed by atoms with Crippen LogP contribution in [0.2, 0.25) is 0 Å². The summed E-state index contributed by atoms with van der Waals surface area (Å²) in [5.74, 6) is 1.89. The maximum absolute atomic E-state index is 10.9. The molecule has 2 aromatic heterocycles. The minimum Gasteiger partial charge on any atom is -0.476 e. The molecule has 0 aromatic carbocycles. The van der Waals surface area contributed by atoms with Crippen molar-refractivity contribution >= 4 is 17.3 Å². The van der Waals surface area contributed by atoms with Crippen LogP contribution in [0.1, 0.15) is 40.4 Å². The van der Waals surface area contributed by atoms with Crippen molar-refractivity contribution in [2.75, 3.05) is 0 Å². The first-order valence-electron chi connectivity index (χ1n) is 5.87. The first kappa shape index (κ1) is 11.5. The van der Waals surface area contributed by atoms with Crippen LogP contribution in [0.3, 0.4) is 0 Å². The fourth-order valence-electron chi connectivity index (χ4n) is 2.09. The van der Waals surface area contributed by atoms with Gasteiger partial charge in [0.15, 0.2) is 16.5 Å². The molecule has 1 aliphatic rings. The van der Waals surface area contributed by atoms with Crippen LogP contribution in [0.4, 0.5) is 0 Å².